The molecular formula is C14H15FN2O. The van der Waals surface area contributed by atoms with Gasteiger partial charge >= 0.3 is 0 Å². The van der Waals surface area contributed by atoms with E-state index in [0.29, 0.717) is 11.1 Å². The largest absolute Gasteiger partial charge is 0.339 e. The molecule has 0 unspecified atom stereocenters. The van der Waals surface area contributed by atoms with Gasteiger partial charge in [-0.15, -0.1) is 0 Å². The molecule has 0 atom stereocenters. The summed E-state index contributed by atoms with van der Waals surface area (Å²) in [6.45, 7) is 1.72. The Bertz CT molecular complexity index is 510. The van der Waals surface area contributed by atoms with Crippen molar-refractivity contribution >= 4 is 5.91 Å². The van der Waals surface area contributed by atoms with Gasteiger partial charge in [-0.3, -0.25) is 4.79 Å². The van der Waals surface area contributed by atoms with E-state index in [2.05, 4.69) is 11.8 Å². The highest BCUT2D eigenvalue weighted by molar-refractivity contribution is 5.96. The first kappa shape index (κ1) is 12.6. The average molecular weight is 246 g/mol. The number of nitrogens with two attached hydrogens (primary N) is 1. The lowest BCUT2D eigenvalue weighted by Crippen LogP contribution is -2.28. The van der Waals surface area contributed by atoms with Gasteiger partial charge in [0.1, 0.15) is 5.82 Å². The number of halogens is 1. The molecule has 1 aliphatic heterocycles. The molecule has 2 rings (SSSR count). The molecule has 1 aromatic carbocycles. The molecule has 0 aliphatic carbocycles. The van der Waals surface area contributed by atoms with Crippen LogP contribution in [0, 0.1) is 17.7 Å². The zero-order valence-corrected chi connectivity index (χ0v) is 10.1. The summed E-state index contributed by atoms with van der Waals surface area (Å²) in [6, 6.07) is 4.07. The minimum atomic E-state index is -0.394. The van der Waals surface area contributed by atoms with Crippen LogP contribution in [0.15, 0.2) is 18.2 Å². The minimum absolute atomic E-state index is 0.0752. The third-order valence-electron chi connectivity index (χ3n) is 2.93. The first-order valence-electron chi connectivity index (χ1n) is 6.00. The van der Waals surface area contributed by atoms with E-state index in [9.17, 15) is 9.18 Å². The van der Waals surface area contributed by atoms with E-state index in [4.69, 9.17) is 5.73 Å². The summed E-state index contributed by atoms with van der Waals surface area (Å²) in [5.74, 6) is 4.94. The normalized spacial score (nSPS) is 14.2. The van der Waals surface area contributed by atoms with Crippen LogP contribution < -0.4 is 5.73 Å². The highest BCUT2D eigenvalue weighted by Crippen LogP contribution is 2.16. The van der Waals surface area contributed by atoms with Crippen molar-refractivity contribution in [2.45, 2.75) is 12.8 Å². The third-order valence-corrected chi connectivity index (χ3v) is 2.93. The number of likely N-dealkylation sites (tertiary alicyclic amines) is 1. The lowest BCUT2D eigenvalue weighted by atomic mass is 10.1. The number of nitrogens with zero attached hydrogens (tertiary/aromatic N) is 1. The van der Waals surface area contributed by atoms with Crippen LogP contribution in [-0.4, -0.2) is 30.4 Å². The Morgan fingerprint density at radius 1 is 1.39 bits per heavy atom. The second-order valence-corrected chi connectivity index (χ2v) is 4.20. The molecule has 4 heteroatoms. The van der Waals surface area contributed by atoms with Gasteiger partial charge in [-0.05, 0) is 31.0 Å². The Morgan fingerprint density at radius 3 is 2.78 bits per heavy atom. The van der Waals surface area contributed by atoms with E-state index < -0.39 is 5.82 Å². The fraction of sp³-hybridized carbons (Fsp3) is 0.357. The van der Waals surface area contributed by atoms with E-state index in [-0.39, 0.29) is 12.5 Å². The third kappa shape index (κ3) is 2.69. The van der Waals surface area contributed by atoms with Crippen molar-refractivity contribution in [1.82, 2.24) is 4.90 Å². The van der Waals surface area contributed by atoms with Gasteiger partial charge in [0.05, 0.1) is 12.1 Å². The monoisotopic (exact) mass is 246 g/mol. The summed E-state index contributed by atoms with van der Waals surface area (Å²) in [4.78, 5) is 14.0. The molecule has 94 valence electrons. The second-order valence-electron chi connectivity index (χ2n) is 4.20. The molecule has 18 heavy (non-hydrogen) atoms. The predicted molar refractivity (Wildman–Crippen MR) is 67.5 cm³/mol. The van der Waals surface area contributed by atoms with Gasteiger partial charge in [0.2, 0.25) is 0 Å². The van der Waals surface area contributed by atoms with Gasteiger partial charge in [-0.25, -0.2) is 4.39 Å². The number of benzene rings is 1. The maximum Gasteiger partial charge on any atom is 0.255 e. The number of rotatable bonds is 1. The van der Waals surface area contributed by atoms with Gasteiger partial charge < -0.3 is 10.6 Å². The van der Waals surface area contributed by atoms with Crippen LogP contribution in [0.3, 0.4) is 0 Å². The molecule has 1 aromatic rings. The molecule has 0 radical (unpaired) electrons. The van der Waals surface area contributed by atoms with E-state index in [1.165, 1.54) is 18.2 Å². The average Bonchev–Trinajstić information content (AvgIpc) is 2.89. The van der Waals surface area contributed by atoms with Gasteiger partial charge in [0.25, 0.3) is 5.91 Å². The molecule has 0 saturated carbocycles. The maximum absolute atomic E-state index is 13.2. The van der Waals surface area contributed by atoms with Crippen molar-refractivity contribution in [2.75, 3.05) is 19.6 Å². The van der Waals surface area contributed by atoms with Crippen molar-refractivity contribution in [2.24, 2.45) is 5.73 Å². The van der Waals surface area contributed by atoms with Crippen LogP contribution in [0.4, 0.5) is 4.39 Å². The highest BCUT2D eigenvalue weighted by atomic mass is 19.1. The molecule has 2 N–H and O–H groups in total. The van der Waals surface area contributed by atoms with Crippen molar-refractivity contribution in [3.05, 3.63) is 35.1 Å². The van der Waals surface area contributed by atoms with Crippen LogP contribution in [0.25, 0.3) is 0 Å². The smallest absolute Gasteiger partial charge is 0.255 e. The number of hydrogen-bond donors (Lipinski definition) is 1. The maximum atomic E-state index is 13.2. The number of amides is 1. The fourth-order valence-electron chi connectivity index (χ4n) is 2.04. The number of carbonyl (C=O) groups is 1. The Balaban J connectivity index is 2.33. The number of hydrogen-bond acceptors (Lipinski definition) is 2. The van der Waals surface area contributed by atoms with Crippen LogP contribution in [0.1, 0.15) is 28.8 Å². The lowest BCUT2D eigenvalue weighted by molar-refractivity contribution is 0.0792. The quantitative estimate of drug-likeness (QED) is 0.761. The Hall–Kier alpha value is -1.86. The molecular weight excluding hydrogens is 231 g/mol. The molecule has 0 spiro atoms. The van der Waals surface area contributed by atoms with Gasteiger partial charge in [0, 0.05) is 18.7 Å². The molecule has 3 nitrogen and oxygen atoms in total. The molecule has 1 aliphatic rings. The molecule has 0 aromatic heterocycles. The van der Waals surface area contributed by atoms with Crippen molar-refractivity contribution in [1.29, 1.82) is 0 Å². The topological polar surface area (TPSA) is 46.3 Å². The SMILES string of the molecule is NCC#Cc1cc(F)ccc1C(=O)N1CCCC1. The number of carbonyl (C=O) groups excluding carboxylic acids is 1. The summed E-state index contributed by atoms with van der Waals surface area (Å²) in [5, 5.41) is 0. The summed E-state index contributed by atoms with van der Waals surface area (Å²) < 4.78 is 13.2. The summed E-state index contributed by atoms with van der Waals surface area (Å²) >= 11 is 0. The molecule has 1 heterocycles. The standard InChI is InChI=1S/C14H15FN2O/c15-12-5-6-13(11(10-12)4-3-7-16)14(18)17-8-1-2-9-17/h5-6,10H,1-2,7-9,16H2. The zero-order chi connectivity index (χ0) is 13.0. The molecule has 1 amide bonds. The second kappa shape index (κ2) is 5.65. The van der Waals surface area contributed by atoms with Crippen molar-refractivity contribution < 1.29 is 9.18 Å². The van der Waals surface area contributed by atoms with Gasteiger partial charge in [0.15, 0.2) is 0 Å². The lowest BCUT2D eigenvalue weighted by Gasteiger charge is -2.16. The van der Waals surface area contributed by atoms with Crippen molar-refractivity contribution in [3.63, 3.8) is 0 Å². The van der Waals surface area contributed by atoms with Gasteiger partial charge in [-0.1, -0.05) is 11.8 Å². The predicted octanol–water partition coefficient (Wildman–Crippen LogP) is 1.37. The van der Waals surface area contributed by atoms with Crippen LogP contribution >= 0.6 is 0 Å². The van der Waals surface area contributed by atoms with Crippen LogP contribution in [0.2, 0.25) is 0 Å². The zero-order valence-electron chi connectivity index (χ0n) is 10.1. The minimum Gasteiger partial charge on any atom is -0.339 e. The highest BCUT2D eigenvalue weighted by Gasteiger charge is 2.21. The first-order valence-corrected chi connectivity index (χ1v) is 6.00. The summed E-state index contributed by atoms with van der Waals surface area (Å²) in [5.41, 5.74) is 6.17. The van der Waals surface area contributed by atoms with E-state index in [1.54, 1.807) is 4.90 Å². The van der Waals surface area contributed by atoms with Gasteiger partial charge in [-0.2, -0.15) is 0 Å². The summed E-state index contributed by atoms with van der Waals surface area (Å²) in [6.07, 6.45) is 2.05. The van der Waals surface area contributed by atoms with E-state index >= 15 is 0 Å². The Kier molecular flexibility index (Phi) is 3.96. The van der Waals surface area contributed by atoms with Crippen LogP contribution in [0.5, 0.6) is 0 Å². The van der Waals surface area contributed by atoms with Crippen LogP contribution in [-0.2, 0) is 0 Å². The fourth-order valence-corrected chi connectivity index (χ4v) is 2.04. The van der Waals surface area contributed by atoms with Crippen molar-refractivity contribution in [3.8, 4) is 11.8 Å². The molecule has 0 bridgehead atoms. The molecule has 1 saturated heterocycles. The van der Waals surface area contributed by atoms with E-state index in [0.717, 1.165) is 25.9 Å². The Morgan fingerprint density at radius 2 is 2.11 bits per heavy atom. The van der Waals surface area contributed by atoms with E-state index in [1.807, 2.05) is 0 Å². The Labute approximate surface area is 106 Å². The first-order chi connectivity index (χ1) is 8.72. The molecule has 1 fully saturated rings. The summed E-state index contributed by atoms with van der Waals surface area (Å²) in [7, 11) is 0.